The number of rotatable bonds is 11. The highest BCUT2D eigenvalue weighted by Gasteiger charge is 2.27. The van der Waals surface area contributed by atoms with E-state index in [9.17, 15) is 24.0 Å². The van der Waals surface area contributed by atoms with Gasteiger partial charge in [-0.3, -0.25) is 15.4 Å². The Morgan fingerprint density at radius 3 is 2.09 bits per heavy atom. The molecule has 0 saturated carbocycles. The summed E-state index contributed by atoms with van der Waals surface area (Å²) in [6.07, 6.45) is -1.20. The minimum absolute atomic E-state index is 0.0553. The van der Waals surface area contributed by atoms with Gasteiger partial charge in [0.2, 0.25) is 11.9 Å². The molecule has 1 heterocycles. The summed E-state index contributed by atoms with van der Waals surface area (Å²) < 4.78 is 20.2. The number of methoxy groups -OCH3 is 1. The van der Waals surface area contributed by atoms with E-state index in [-0.39, 0.29) is 25.5 Å². The van der Waals surface area contributed by atoms with Gasteiger partial charge in [-0.2, -0.15) is 0 Å². The van der Waals surface area contributed by atoms with E-state index >= 15 is 0 Å². The van der Waals surface area contributed by atoms with Crippen molar-refractivity contribution in [2.45, 2.75) is 97.5 Å². The van der Waals surface area contributed by atoms with E-state index in [0.29, 0.717) is 29.8 Å². The molecule has 1 aromatic carbocycles. The number of hydrogen-bond acceptors (Lipinski definition) is 12. The van der Waals surface area contributed by atoms with Gasteiger partial charge in [-0.15, -0.1) is 0 Å². The number of alkyl carbamates (subject to hydrolysis) is 3. The molecule has 1 aromatic rings. The molecule has 1 unspecified atom stereocenters. The van der Waals surface area contributed by atoms with Crippen molar-refractivity contribution in [2.24, 2.45) is 10.1 Å². The quantitative estimate of drug-likeness (QED) is 0.0887. The second-order valence-electron chi connectivity index (χ2n) is 12.4. The second-order valence-corrected chi connectivity index (χ2v) is 12.4. The Hall–Kier alpha value is -4.89. The van der Waals surface area contributed by atoms with Crippen molar-refractivity contribution in [3.63, 3.8) is 0 Å². The highest BCUT2D eigenvalue weighted by Crippen LogP contribution is 2.21. The molecule has 0 aliphatic carbocycles. The third kappa shape index (κ3) is 15.3. The number of esters is 1. The van der Waals surface area contributed by atoms with E-state index in [0.717, 1.165) is 6.42 Å². The Bertz CT molecular complexity index is 1280. The van der Waals surface area contributed by atoms with E-state index in [1.54, 1.807) is 65.8 Å². The Morgan fingerprint density at radius 2 is 1.55 bits per heavy atom. The van der Waals surface area contributed by atoms with Gasteiger partial charge in [0.15, 0.2) is 0 Å². The molecular formula is C31H46N6O10. The number of benzene rings is 1. The zero-order valence-corrected chi connectivity index (χ0v) is 28.2. The molecule has 260 valence electrons. The number of hydrogen-bond donors (Lipinski definition) is 4. The molecule has 0 saturated heterocycles. The van der Waals surface area contributed by atoms with Crippen LogP contribution in [0.2, 0.25) is 0 Å². The zero-order chi connectivity index (χ0) is 35.2. The van der Waals surface area contributed by atoms with Crippen LogP contribution in [0.25, 0.3) is 0 Å². The number of carbonyl (C=O) groups excluding carboxylic acids is 5. The van der Waals surface area contributed by atoms with Gasteiger partial charge in [0.1, 0.15) is 23.3 Å². The maximum absolute atomic E-state index is 12.6. The van der Waals surface area contributed by atoms with Crippen LogP contribution in [-0.2, 0) is 33.4 Å². The number of nitrogens with zero attached hydrogens (tertiary/aromatic N) is 2. The molecule has 2 rings (SSSR count). The first kappa shape index (κ1) is 38.3. The molecule has 0 bridgehead atoms. The fourth-order valence-corrected chi connectivity index (χ4v) is 3.78. The molecular weight excluding hydrogens is 616 g/mol. The van der Waals surface area contributed by atoms with Gasteiger partial charge in [-0.25, -0.2) is 24.2 Å². The molecule has 0 radical (unpaired) electrons. The van der Waals surface area contributed by atoms with Crippen molar-refractivity contribution in [3.8, 4) is 0 Å². The Morgan fingerprint density at radius 1 is 0.957 bits per heavy atom. The van der Waals surface area contributed by atoms with Crippen molar-refractivity contribution in [3.05, 3.63) is 29.8 Å². The lowest BCUT2D eigenvalue weighted by Crippen LogP contribution is -2.49. The van der Waals surface area contributed by atoms with E-state index in [4.69, 9.17) is 23.8 Å². The number of aliphatic imine (C=N–C) groups is 1. The first-order valence-electron chi connectivity index (χ1n) is 15.2. The summed E-state index contributed by atoms with van der Waals surface area (Å²) in [6, 6.07) is 5.58. The number of oxime groups is 1. The number of amides is 4. The van der Waals surface area contributed by atoms with E-state index < -0.39 is 53.5 Å². The van der Waals surface area contributed by atoms with Gasteiger partial charge in [-0.1, -0.05) is 30.6 Å². The Labute approximate surface area is 274 Å². The lowest BCUT2D eigenvalue weighted by Gasteiger charge is -2.22. The van der Waals surface area contributed by atoms with Gasteiger partial charge in [0, 0.05) is 13.0 Å². The summed E-state index contributed by atoms with van der Waals surface area (Å²) >= 11 is 0. The van der Waals surface area contributed by atoms with Gasteiger partial charge >= 0.3 is 24.2 Å². The van der Waals surface area contributed by atoms with Crippen LogP contribution in [0.4, 0.5) is 20.1 Å². The average molecular weight is 663 g/mol. The fourth-order valence-electron chi connectivity index (χ4n) is 3.78. The Balaban J connectivity index is 1.99. The zero-order valence-electron chi connectivity index (χ0n) is 28.2. The molecule has 1 aliphatic heterocycles. The third-order valence-electron chi connectivity index (χ3n) is 5.84. The molecule has 16 nitrogen and oxygen atoms in total. The first-order valence-corrected chi connectivity index (χ1v) is 15.2. The van der Waals surface area contributed by atoms with Crippen molar-refractivity contribution in [2.75, 3.05) is 20.3 Å². The number of unbranched alkanes of at least 4 members (excludes halogenated alkanes) is 1. The van der Waals surface area contributed by atoms with Gasteiger partial charge in [0.05, 0.1) is 31.5 Å². The topological polar surface area (TPSA) is 204 Å². The SMILES string of the molecule is CCCCOC(=O)N[C@@H](CNC(=O)CC1CC(c2ccc(N=C(NC(=O)OC(C)(C)C)NC(=O)OC(C)(C)C)cc2)=NO1)C(=O)OC. The second kappa shape index (κ2) is 17.7. The molecule has 0 spiro atoms. The van der Waals surface area contributed by atoms with Crippen LogP contribution in [0, 0.1) is 0 Å². The summed E-state index contributed by atoms with van der Waals surface area (Å²) in [5.41, 5.74) is 0.107. The predicted molar refractivity (Wildman–Crippen MR) is 171 cm³/mol. The standard InChI is InChI=1S/C31H46N6O10/c1-9-10-15-44-27(40)34-23(25(39)43-8)18-32-24(38)17-21-16-22(37-47-21)19-11-13-20(14-12-19)33-26(35-28(41)45-30(2,3)4)36-29(42)46-31(5,6)7/h11-14,21,23H,9-10,15-18H2,1-8H3,(H,32,38)(H,34,40)(H2,33,35,36,41,42)/t21?,23-/m0/s1. The highest BCUT2D eigenvalue weighted by atomic mass is 16.6. The number of ether oxygens (including phenoxy) is 4. The lowest BCUT2D eigenvalue weighted by atomic mass is 10.0. The minimum atomic E-state index is -1.13. The maximum atomic E-state index is 12.6. The maximum Gasteiger partial charge on any atom is 0.414 e. The summed E-state index contributed by atoms with van der Waals surface area (Å²) in [6.45, 7) is 12.1. The summed E-state index contributed by atoms with van der Waals surface area (Å²) in [4.78, 5) is 71.1. The van der Waals surface area contributed by atoms with Crippen LogP contribution < -0.4 is 21.3 Å². The monoisotopic (exact) mass is 662 g/mol. The number of nitrogens with one attached hydrogen (secondary N) is 4. The summed E-state index contributed by atoms with van der Waals surface area (Å²) in [5.74, 6) is -1.36. The average Bonchev–Trinajstić information content (AvgIpc) is 3.41. The lowest BCUT2D eigenvalue weighted by molar-refractivity contribution is -0.143. The summed E-state index contributed by atoms with van der Waals surface area (Å²) in [7, 11) is 1.17. The van der Waals surface area contributed by atoms with E-state index in [1.165, 1.54) is 7.11 Å². The van der Waals surface area contributed by atoms with Crippen LogP contribution in [0.5, 0.6) is 0 Å². The van der Waals surface area contributed by atoms with Crippen LogP contribution in [0.3, 0.4) is 0 Å². The molecule has 16 heteroatoms. The molecule has 4 N–H and O–H groups in total. The van der Waals surface area contributed by atoms with Gasteiger partial charge < -0.3 is 34.4 Å². The van der Waals surface area contributed by atoms with Crippen molar-refractivity contribution in [1.82, 2.24) is 21.3 Å². The minimum Gasteiger partial charge on any atom is -0.467 e. The molecule has 2 atom stereocenters. The smallest absolute Gasteiger partial charge is 0.414 e. The van der Waals surface area contributed by atoms with Crippen LogP contribution in [-0.4, -0.2) is 85.4 Å². The van der Waals surface area contributed by atoms with Crippen molar-refractivity contribution >= 4 is 47.5 Å². The fraction of sp³-hybridized carbons (Fsp3) is 0.581. The number of carbonyl (C=O) groups is 5. The summed E-state index contributed by atoms with van der Waals surface area (Å²) in [5, 5.41) is 13.9. The van der Waals surface area contributed by atoms with Crippen molar-refractivity contribution < 1.29 is 47.8 Å². The van der Waals surface area contributed by atoms with Crippen LogP contribution in [0.15, 0.2) is 34.4 Å². The molecule has 47 heavy (non-hydrogen) atoms. The van der Waals surface area contributed by atoms with Crippen LogP contribution in [0.1, 0.15) is 79.7 Å². The normalized spacial score (nSPS) is 14.7. The predicted octanol–water partition coefficient (Wildman–Crippen LogP) is 3.79. The molecule has 0 aromatic heterocycles. The molecule has 0 fully saturated rings. The third-order valence-corrected chi connectivity index (χ3v) is 5.84. The Kier molecular flexibility index (Phi) is 14.4. The van der Waals surface area contributed by atoms with Crippen LogP contribution >= 0.6 is 0 Å². The van der Waals surface area contributed by atoms with Crippen molar-refractivity contribution in [1.29, 1.82) is 0 Å². The number of guanidine groups is 1. The van der Waals surface area contributed by atoms with Gasteiger partial charge in [0.25, 0.3) is 0 Å². The molecule has 1 aliphatic rings. The highest BCUT2D eigenvalue weighted by molar-refractivity contribution is 6.03. The van der Waals surface area contributed by atoms with Gasteiger partial charge in [-0.05, 0) is 65.7 Å². The van der Waals surface area contributed by atoms with E-state index in [2.05, 4.69) is 31.4 Å². The largest absolute Gasteiger partial charge is 0.467 e. The first-order chi connectivity index (χ1) is 22.0. The van der Waals surface area contributed by atoms with E-state index in [1.807, 2.05) is 6.92 Å². The molecule has 4 amide bonds.